The summed E-state index contributed by atoms with van der Waals surface area (Å²) in [6.45, 7) is 2.52. The number of carboxylic acid groups (broad SMARTS) is 2. The summed E-state index contributed by atoms with van der Waals surface area (Å²) in [4.78, 5) is 26.7. The second-order valence-electron chi connectivity index (χ2n) is 19.0. The summed E-state index contributed by atoms with van der Waals surface area (Å²) >= 11 is 6.83. The number of nitrogens with zero attached hydrogens (tertiary/aromatic N) is 2. The van der Waals surface area contributed by atoms with E-state index in [1.165, 1.54) is 0 Å². The van der Waals surface area contributed by atoms with Crippen LogP contribution in [0.3, 0.4) is 0 Å². The van der Waals surface area contributed by atoms with E-state index < -0.39 is 22.7 Å². The van der Waals surface area contributed by atoms with Crippen molar-refractivity contribution >= 4 is 23.5 Å². The number of carbonyl (C=O) groups is 2. The molecule has 71 heavy (non-hydrogen) atoms. The highest BCUT2D eigenvalue weighted by molar-refractivity contribution is 6.31. The molecule has 6 rings (SSSR count). The predicted molar refractivity (Wildman–Crippen MR) is 269 cm³/mol. The van der Waals surface area contributed by atoms with E-state index >= 15 is 0 Å². The van der Waals surface area contributed by atoms with Crippen molar-refractivity contribution < 1.29 is 76.1 Å². The smallest absolute Gasteiger partial charge is 0.322 e. The maximum Gasteiger partial charge on any atom is 0.322 e. The van der Waals surface area contributed by atoms with E-state index in [2.05, 4.69) is 14.1 Å². The van der Waals surface area contributed by atoms with Gasteiger partial charge in [-0.05, 0) is 96.5 Å². The van der Waals surface area contributed by atoms with Gasteiger partial charge in [0.1, 0.15) is 17.5 Å². The SMILES string of the molecule is COc1cc2c(cc1OC)[C@@H](Cc1cc(OC)c(OC)c(OC)c1)[N@@+](C)(CCCC(CCC[N@@+]1(C)CCc3cc(OC)c(OC)cc3[C@H]1Cc1cc(OC)c(OC)c(OC)c1)(C(=O)O)C(Cl)C(=O)O)CC2. The van der Waals surface area contributed by atoms with Crippen LogP contribution in [0.4, 0.5) is 0 Å². The number of carboxylic acids is 2. The number of methoxy groups -OCH3 is 10. The minimum atomic E-state index is -1.78. The average Bonchev–Trinajstić information content (AvgIpc) is 3.37. The van der Waals surface area contributed by atoms with Crippen molar-refractivity contribution in [2.45, 2.75) is 68.8 Å². The monoisotopic (exact) mass is 1010 g/mol. The molecular formula is C54H73ClN2O14+2. The summed E-state index contributed by atoms with van der Waals surface area (Å²) in [7, 11) is 20.3. The highest BCUT2D eigenvalue weighted by Crippen LogP contribution is 2.48. The van der Waals surface area contributed by atoms with Crippen LogP contribution < -0.4 is 47.4 Å². The van der Waals surface area contributed by atoms with E-state index in [0.29, 0.717) is 105 Å². The van der Waals surface area contributed by atoms with Crippen LogP contribution in [0, 0.1) is 5.41 Å². The van der Waals surface area contributed by atoms with Gasteiger partial charge in [-0.2, -0.15) is 0 Å². The van der Waals surface area contributed by atoms with Crippen molar-refractivity contribution in [2.75, 3.05) is 111 Å². The first kappa shape index (κ1) is 54.4. The maximum absolute atomic E-state index is 13.8. The lowest BCUT2D eigenvalue weighted by Crippen LogP contribution is -2.54. The van der Waals surface area contributed by atoms with Crippen LogP contribution in [-0.4, -0.2) is 148 Å². The fourth-order valence-corrected chi connectivity index (χ4v) is 11.6. The Hall–Kier alpha value is -5.97. The van der Waals surface area contributed by atoms with Crippen molar-refractivity contribution in [3.63, 3.8) is 0 Å². The van der Waals surface area contributed by atoms with E-state index in [1.54, 1.807) is 71.1 Å². The Balaban J connectivity index is 1.33. The highest BCUT2D eigenvalue weighted by atomic mass is 35.5. The normalized spacial score (nSPS) is 19.8. The topological polar surface area (TPSA) is 167 Å². The first-order valence-corrected chi connectivity index (χ1v) is 24.3. The van der Waals surface area contributed by atoms with Crippen LogP contribution in [0.5, 0.6) is 57.5 Å². The van der Waals surface area contributed by atoms with Gasteiger partial charge >= 0.3 is 11.9 Å². The second kappa shape index (κ2) is 23.1. The number of fused-ring (bicyclic) bond motifs is 2. The predicted octanol–water partition coefficient (Wildman–Crippen LogP) is 8.37. The lowest BCUT2D eigenvalue weighted by atomic mass is 9.75. The van der Waals surface area contributed by atoms with Crippen LogP contribution >= 0.6 is 11.6 Å². The van der Waals surface area contributed by atoms with Gasteiger partial charge in [-0.15, -0.1) is 11.6 Å². The zero-order valence-corrected chi connectivity index (χ0v) is 44.2. The van der Waals surface area contributed by atoms with Gasteiger partial charge in [0, 0.05) is 36.8 Å². The molecule has 5 atom stereocenters. The molecular weight excluding hydrogens is 936 g/mol. The van der Waals surface area contributed by atoms with Crippen LogP contribution in [0.2, 0.25) is 0 Å². The number of hydrogen-bond donors (Lipinski definition) is 2. The van der Waals surface area contributed by atoms with Gasteiger partial charge in [-0.3, -0.25) is 9.59 Å². The molecule has 0 radical (unpaired) electrons. The summed E-state index contributed by atoms with van der Waals surface area (Å²) < 4.78 is 58.4. The molecule has 0 bridgehead atoms. The molecule has 2 aliphatic rings. The third-order valence-electron chi connectivity index (χ3n) is 15.3. The van der Waals surface area contributed by atoms with E-state index in [9.17, 15) is 19.8 Å². The molecule has 0 aromatic heterocycles. The Morgan fingerprint density at radius 1 is 0.535 bits per heavy atom. The third-order valence-corrected chi connectivity index (χ3v) is 15.9. The molecule has 0 amide bonds. The Kier molecular flexibility index (Phi) is 17.7. The number of rotatable bonds is 25. The van der Waals surface area contributed by atoms with Gasteiger partial charge < -0.3 is 66.5 Å². The average molecular weight is 1010 g/mol. The zero-order valence-electron chi connectivity index (χ0n) is 43.4. The van der Waals surface area contributed by atoms with E-state index in [1.807, 2.05) is 48.5 Å². The van der Waals surface area contributed by atoms with Crippen LogP contribution in [-0.2, 0) is 35.3 Å². The molecule has 0 aliphatic carbocycles. The third kappa shape index (κ3) is 10.9. The molecule has 2 aliphatic heterocycles. The van der Waals surface area contributed by atoms with E-state index in [0.717, 1.165) is 59.3 Å². The lowest BCUT2D eigenvalue weighted by molar-refractivity contribution is -0.941. The van der Waals surface area contributed by atoms with Crippen molar-refractivity contribution in [2.24, 2.45) is 5.41 Å². The number of benzene rings is 4. The fraction of sp³-hybridized carbons (Fsp3) is 0.519. The molecule has 388 valence electrons. The van der Waals surface area contributed by atoms with Gasteiger partial charge in [-0.25, -0.2) is 0 Å². The van der Waals surface area contributed by atoms with E-state index in [4.69, 9.17) is 59.0 Å². The molecule has 0 saturated heterocycles. The lowest BCUT2D eigenvalue weighted by Gasteiger charge is -2.47. The molecule has 4 aromatic rings. The van der Waals surface area contributed by atoms with Crippen molar-refractivity contribution in [1.29, 1.82) is 0 Å². The fourth-order valence-electron chi connectivity index (χ4n) is 11.3. The van der Waals surface area contributed by atoms with Crippen LogP contribution in [0.15, 0.2) is 48.5 Å². The number of halogens is 1. The number of likely N-dealkylation sites (N-methyl/N-ethyl adjacent to an activating group) is 2. The summed E-state index contributed by atoms with van der Waals surface area (Å²) in [5.41, 5.74) is 4.52. The van der Waals surface area contributed by atoms with Crippen molar-refractivity contribution in [1.82, 2.24) is 0 Å². The molecule has 2 N–H and O–H groups in total. The van der Waals surface area contributed by atoms with E-state index in [-0.39, 0.29) is 24.9 Å². The van der Waals surface area contributed by atoms with Crippen LogP contribution in [0.1, 0.15) is 71.1 Å². The molecule has 4 aromatic carbocycles. The molecule has 0 saturated carbocycles. The molecule has 2 heterocycles. The number of quaternary nitrogens is 2. The maximum atomic E-state index is 13.8. The van der Waals surface area contributed by atoms with Crippen molar-refractivity contribution in [3.05, 3.63) is 81.9 Å². The minimum Gasteiger partial charge on any atom is -0.493 e. The molecule has 17 heteroatoms. The highest BCUT2D eigenvalue weighted by Gasteiger charge is 2.50. The number of aliphatic carboxylic acids is 2. The van der Waals surface area contributed by atoms with Crippen molar-refractivity contribution in [3.8, 4) is 57.5 Å². The zero-order chi connectivity index (χ0) is 51.8. The first-order valence-electron chi connectivity index (χ1n) is 23.8. The van der Waals surface area contributed by atoms with Gasteiger partial charge in [0.25, 0.3) is 0 Å². The Morgan fingerprint density at radius 2 is 0.859 bits per heavy atom. The largest absolute Gasteiger partial charge is 0.493 e. The molecule has 0 spiro atoms. The summed E-state index contributed by atoms with van der Waals surface area (Å²) in [5.74, 6) is 2.99. The molecule has 16 nitrogen and oxygen atoms in total. The quantitative estimate of drug-likeness (QED) is 0.0480. The van der Waals surface area contributed by atoms with Gasteiger partial charge in [-0.1, -0.05) is 0 Å². The molecule has 0 fully saturated rings. The first-order chi connectivity index (χ1) is 34.0. The summed E-state index contributed by atoms with van der Waals surface area (Å²) in [6, 6.07) is 15.7. The Labute approximate surface area is 423 Å². The van der Waals surface area contributed by atoms with Gasteiger partial charge in [0.2, 0.25) is 11.5 Å². The summed E-state index contributed by atoms with van der Waals surface area (Å²) in [6.07, 6.45) is 3.44. The second-order valence-corrected chi connectivity index (χ2v) is 19.5. The Morgan fingerprint density at radius 3 is 1.14 bits per heavy atom. The van der Waals surface area contributed by atoms with Gasteiger partial charge in [0.05, 0.1) is 117 Å². The van der Waals surface area contributed by atoms with Gasteiger partial charge in [0.15, 0.2) is 46.0 Å². The standard InChI is InChI=1S/C54H71ClN2O14/c1-56(21-15-35-29-41(62-3)43(64-5)31-37(35)39(56)23-33-25-45(66-7)49(70-11)46(26-33)67-8)19-13-17-54(53(60)61,51(55)52(58)59)18-14-20-57(2)22-16-36-30-42(63-4)44(65-6)32-38(36)40(57)24-34-27-47(68-9)50(71-12)48(28-34)69-10/h25-32,39-40,51H,13-24H2,1-12H3/p+2/t39-,40-,51?,56+,57+/m1/s1. The minimum absolute atomic E-state index is 0.0464. The number of ether oxygens (including phenoxy) is 10. The number of alkyl halides is 1. The summed E-state index contributed by atoms with van der Waals surface area (Å²) in [5, 5.41) is 20.1. The molecule has 1 unspecified atom stereocenters. The van der Waals surface area contributed by atoms with Crippen LogP contribution in [0.25, 0.3) is 0 Å². The number of hydrogen-bond acceptors (Lipinski definition) is 12. The Bertz CT molecular complexity index is 2330.